The van der Waals surface area contributed by atoms with Crippen molar-refractivity contribution in [1.29, 1.82) is 0 Å². The number of likely N-dealkylation sites (tertiary alicyclic amines) is 1. The average molecular weight is 476 g/mol. The van der Waals surface area contributed by atoms with Crippen molar-refractivity contribution in [2.75, 3.05) is 39.5 Å². The first-order chi connectivity index (χ1) is 16.9. The predicted molar refractivity (Wildman–Crippen MR) is 132 cm³/mol. The van der Waals surface area contributed by atoms with E-state index in [1.54, 1.807) is 25.2 Å². The summed E-state index contributed by atoms with van der Waals surface area (Å²) in [5, 5.41) is 14.7. The molecule has 0 atom stereocenters. The zero-order chi connectivity index (χ0) is 24.5. The van der Waals surface area contributed by atoms with Crippen LogP contribution in [0.25, 0.3) is 33.7 Å². The summed E-state index contributed by atoms with van der Waals surface area (Å²) >= 11 is 0. The maximum absolute atomic E-state index is 12.0. The van der Waals surface area contributed by atoms with Gasteiger partial charge in [-0.3, -0.25) is 14.4 Å². The fourth-order valence-electron chi connectivity index (χ4n) is 4.43. The molecule has 1 saturated heterocycles. The van der Waals surface area contributed by atoms with Crippen LogP contribution in [-0.2, 0) is 11.4 Å². The number of hydrogen-bond acceptors (Lipinski definition) is 8. The molecule has 182 valence electrons. The number of anilines is 1. The van der Waals surface area contributed by atoms with Crippen molar-refractivity contribution < 1.29 is 14.3 Å². The van der Waals surface area contributed by atoms with Crippen LogP contribution in [0.1, 0.15) is 24.6 Å². The summed E-state index contributed by atoms with van der Waals surface area (Å²) in [6.07, 6.45) is 5.39. The molecule has 3 aromatic heterocycles. The molecule has 0 bridgehead atoms. The van der Waals surface area contributed by atoms with Gasteiger partial charge in [0, 0.05) is 50.7 Å². The summed E-state index contributed by atoms with van der Waals surface area (Å²) in [5.74, 6) is 0.825. The Hall–Kier alpha value is -3.76. The van der Waals surface area contributed by atoms with Gasteiger partial charge in [-0.25, -0.2) is 9.97 Å². The Bertz CT molecular complexity index is 1320. The number of nitrogens with zero attached hydrogens (tertiary/aromatic N) is 6. The minimum absolute atomic E-state index is 0.109. The molecule has 0 radical (unpaired) electrons. The molecule has 0 saturated carbocycles. The summed E-state index contributed by atoms with van der Waals surface area (Å²) in [5.41, 5.74) is 10.3. The van der Waals surface area contributed by atoms with Crippen LogP contribution in [0.15, 0.2) is 47.1 Å². The van der Waals surface area contributed by atoms with E-state index < -0.39 is 0 Å². The van der Waals surface area contributed by atoms with E-state index in [-0.39, 0.29) is 18.6 Å². The third-order valence-corrected chi connectivity index (χ3v) is 6.50. The van der Waals surface area contributed by atoms with Gasteiger partial charge in [0.2, 0.25) is 11.8 Å². The molecule has 35 heavy (non-hydrogen) atoms. The summed E-state index contributed by atoms with van der Waals surface area (Å²) in [6.45, 7) is 1.88. The highest BCUT2D eigenvalue weighted by atomic mass is 16.3. The molecule has 3 N–H and O–H groups in total. The minimum Gasteiger partial charge on any atom is -0.436 e. The van der Waals surface area contributed by atoms with E-state index in [9.17, 15) is 9.90 Å². The van der Waals surface area contributed by atoms with Gasteiger partial charge < -0.3 is 20.2 Å². The van der Waals surface area contributed by atoms with E-state index >= 15 is 0 Å². The molecule has 1 fully saturated rings. The molecule has 4 heterocycles. The van der Waals surface area contributed by atoms with Gasteiger partial charge in [-0.05, 0) is 31.0 Å². The number of carbonyl (C=O) groups is 1. The van der Waals surface area contributed by atoms with Gasteiger partial charge in [-0.2, -0.15) is 5.10 Å². The van der Waals surface area contributed by atoms with E-state index in [1.165, 1.54) is 0 Å². The molecule has 1 aliphatic heterocycles. The quantitative estimate of drug-likeness (QED) is 0.436. The van der Waals surface area contributed by atoms with E-state index in [0.717, 1.165) is 42.6 Å². The summed E-state index contributed by atoms with van der Waals surface area (Å²) in [6, 6.07) is 9.60. The highest BCUT2D eigenvalue weighted by molar-refractivity contribution is 5.81. The molecule has 4 aromatic rings. The fraction of sp³-hybridized carbons (Fsp3) is 0.360. The first-order valence-electron chi connectivity index (χ1n) is 11.7. The maximum atomic E-state index is 12.0. The molecule has 5 rings (SSSR count). The SMILES string of the molecule is CN(C)C(=O)CN1CCC(n2cc(-c3cnc(N)c(-c4nc5ccccc5o4)c3)c(CO)n2)CC1. The number of oxazole rings is 1. The number of aliphatic hydroxyl groups excluding tert-OH is 1. The Morgan fingerprint density at radius 1 is 1.23 bits per heavy atom. The number of pyridine rings is 1. The molecular weight excluding hydrogens is 446 g/mol. The number of hydrogen-bond donors (Lipinski definition) is 2. The topological polar surface area (TPSA) is 127 Å². The lowest BCUT2D eigenvalue weighted by molar-refractivity contribution is -0.130. The molecule has 0 aliphatic carbocycles. The monoisotopic (exact) mass is 475 g/mol. The summed E-state index contributed by atoms with van der Waals surface area (Å²) < 4.78 is 7.83. The third-order valence-electron chi connectivity index (χ3n) is 6.50. The second-order valence-corrected chi connectivity index (χ2v) is 9.07. The Morgan fingerprint density at radius 2 is 2.00 bits per heavy atom. The van der Waals surface area contributed by atoms with Gasteiger partial charge >= 0.3 is 0 Å². The maximum Gasteiger partial charge on any atom is 0.236 e. The number of likely N-dealkylation sites (N-methyl/N-ethyl adjacent to an activating group) is 1. The number of nitrogens with two attached hydrogens (primary N) is 1. The van der Waals surface area contributed by atoms with Gasteiger partial charge in [-0.15, -0.1) is 0 Å². The number of piperidine rings is 1. The zero-order valence-corrected chi connectivity index (χ0v) is 19.9. The van der Waals surface area contributed by atoms with Crippen molar-refractivity contribution in [2.24, 2.45) is 0 Å². The predicted octanol–water partition coefficient (Wildman–Crippen LogP) is 2.55. The summed E-state index contributed by atoms with van der Waals surface area (Å²) in [4.78, 5) is 24.7. The van der Waals surface area contributed by atoms with E-state index in [0.29, 0.717) is 35.1 Å². The number of nitrogen functional groups attached to an aromatic ring is 1. The molecule has 10 heteroatoms. The Morgan fingerprint density at radius 3 is 2.71 bits per heavy atom. The van der Waals surface area contributed by atoms with Crippen LogP contribution >= 0.6 is 0 Å². The second kappa shape index (κ2) is 9.47. The fourth-order valence-corrected chi connectivity index (χ4v) is 4.43. The number of para-hydroxylation sites is 2. The van der Waals surface area contributed by atoms with Crippen molar-refractivity contribution in [3.63, 3.8) is 0 Å². The molecule has 1 amide bonds. The molecule has 1 aromatic carbocycles. The van der Waals surface area contributed by atoms with Crippen molar-refractivity contribution in [1.82, 2.24) is 29.5 Å². The highest BCUT2D eigenvalue weighted by Gasteiger charge is 2.25. The van der Waals surface area contributed by atoms with Crippen LogP contribution in [0.3, 0.4) is 0 Å². The number of amides is 1. The van der Waals surface area contributed by atoms with Crippen molar-refractivity contribution in [3.8, 4) is 22.6 Å². The zero-order valence-electron chi connectivity index (χ0n) is 19.9. The Labute approximate surface area is 203 Å². The number of rotatable bonds is 6. The van der Waals surface area contributed by atoms with Crippen molar-refractivity contribution in [3.05, 3.63) is 48.4 Å². The highest BCUT2D eigenvalue weighted by Crippen LogP contribution is 2.33. The first kappa shape index (κ1) is 23.0. The molecule has 1 aliphatic rings. The molecule has 0 unspecified atom stereocenters. The number of fused-ring (bicyclic) bond motifs is 1. The standard InChI is InChI=1S/C25H29N7O3/c1-30(2)23(34)14-31-9-7-17(8-10-31)32-13-19(21(15-33)29-32)16-11-18(24(26)27-12-16)25-28-20-5-3-4-6-22(20)35-25/h3-6,11-13,17,33H,7-10,14-15H2,1-2H3,(H2,26,27). The molecular formula is C25H29N7O3. The van der Waals surface area contributed by atoms with E-state index in [2.05, 4.69) is 20.0 Å². The number of carbonyl (C=O) groups excluding carboxylic acids is 1. The van der Waals surface area contributed by atoms with Gasteiger partial charge in [0.25, 0.3) is 0 Å². The van der Waals surface area contributed by atoms with Crippen LogP contribution < -0.4 is 5.73 Å². The van der Waals surface area contributed by atoms with Gasteiger partial charge in [0.05, 0.1) is 30.5 Å². The number of aliphatic hydroxyl groups is 1. The van der Waals surface area contributed by atoms with Gasteiger partial charge in [-0.1, -0.05) is 12.1 Å². The van der Waals surface area contributed by atoms with Crippen LogP contribution in [-0.4, -0.2) is 74.3 Å². The third kappa shape index (κ3) is 4.62. The number of aromatic nitrogens is 4. The largest absolute Gasteiger partial charge is 0.436 e. The lowest BCUT2D eigenvalue weighted by atomic mass is 10.0. The van der Waals surface area contributed by atoms with Crippen molar-refractivity contribution in [2.45, 2.75) is 25.5 Å². The Balaban J connectivity index is 1.39. The lowest BCUT2D eigenvalue weighted by Crippen LogP contribution is -2.41. The lowest BCUT2D eigenvalue weighted by Gasteiger charge is -2.32. The van der Waals surface area contributed by atoms with Gasteiger partial charge in [0.1, 0.15) is 11.3 Å². The number of benzene rings is 1. The molecule has 0 spiro atoms. The molecule has 10 nitrogen and oxygen atoms in total. The van der Waals surface area contributed by atoms with Crippen LogP contribution in [0.2, 0.25) is 0 Å². The van der Waals surface area contributed by atoms with Crippen LogP contribution in [0, 0.1) is 0 Å². The van der Waals surface area contributed by atoms with Crippen LogP contribution in [0.5, 0.6) is 0 Å². The van der Waals surface area contributed by atoms with E-state index in [1.807, 2.05) is 41.2 Å². The first-order valence-corrected chi connectivity index (χ1v) is 11.7. The van der Waals surface area contributed by atoms with Crippen LogP contribution in [0.4, 0.5) is 5.82 Å². The summed E-state index contributed by atoms with van der Waals surface area (Å²) in [7, 11) is 3.55. The normalized spacial score (nSPS) is 15.1. The minimum atomic E-state index is -0.193. The average Bonchev–Trinajstić information content (AvgIpc) is 3.49. The Kier molecular flexibility index (Phi) is 6.23. The van der Waals surface area contributed by atoms with E-state index in [4.69, 9.17) is 10.2 Å². The van der Waals surface area contributed by atoms with Crippen molar-refractivity contribution >= 4 is 22.8 Å². The second-order valence-electron chi connectivity index (χ2n) is 9.07. The smallest absolute Gasteiger partial charge is 0.236 e. The van der Waals surface area contributed by atoms with Gasteiger partial charge in [0.15, 0.2) is 5.58 Å².